The predicted octanol–water partition coefficient (Wildman–Crippen LogP) is 13.6. The van der Waals surface area contributed by atoms with Crippen LogP contribution in [0.25, 0.3) is 0 Å². The van der Waals surface area contributed by atoms with Crippen LogP contribution in [0.2, 0.25) is 0 Å². The Balaban J connectivity index is 1.29. The summed E-state index contributed by atoms with van der Waals surface area (Å²) in [7, 11) is 0. The highest BCUT2D eigenvalue weighted by Crippen LogP contribution is 2.61. The fourth-order valence-electron chi connectivity index (χ4n) is 2.84. The van der Waals surface area contributed by atoms with Crippen LogP contribution in [0, 0.1) is 0 Å². The Bertz CT molecular complexity index is 1070. The number of rotatable bonds is 12. The SMILES string of the molecule is CSC1=C(SC)SC(=CC=C2SC(SC)=C(SCSC3=C(SC)S/C(=C/C=C4SC(CS)=C(CS)S4)S3)S2)S1. The van der Waals surface area contributed by atoms with Gasteiger partial charge in [0.2, 0.25) is 0 Å². The van der Waals surface area contributed by atoms with E-state index in [4.69, 9.17) is 0 Å². The maximum absolute atomic E-state index is 4.48. The predicted molar refractivity (Wildman–Crippen MR) is 223 cm³/mol. The fraction of sp³-hybridized carbons (Fsp3) is 0.304. The Morgan fingerprint density at radius 1 is 0.462 bits per heavy atom. The minimum atomic E-state index is 0.787. The molecule has 4 aliphatic heterocycles. The molecule has 4 aliphatic rings. The first-order chi connectivity index (χ1) is 19.0. The largest absolute Gasteiger partial charge is 0.174 e. The highest BCUT2D eigenvalue weighted by atomic mass is 32.3. The van der Waals surface area contributed by atoms with E-state index in [2.05, 4.69) is 74.6 Å². The number of hydrogen-bond acceptors (Lipinski definition) is 16. The summed E-state index contributed by atoms with van der Waals surface area (Å²) in [5.41, 5.74) is 0. The molecule has 0 aromatic carbocycles. The maximum Gasteiger partial charge on any atom is 0.0667 e. The molecule has 0 fully saturated rings. The minimum Gasteiger partial charge on any atom is -0.174 e. The van der Waals surface area contributed by atoms with Crippen LogP contribution in [0.4, 0.5) is 0 Å². The molecule has 0 bridgehead atoms. The quantitative estimate of drug-likeness (QED) is 0.142. The first kappa shape index (κ1) is 35.4. The van der Waals surface area contributed by atoms with Gasteiger partial charge in [-0.1, -0.05) is 94.1 Å². The number of allylic oxidation sites excluding steroid dienone is 4. The zero-order valence-corrected chi connectivity index (χ0v) is 34.3. The summed E-state index contributed by atoms with van der Waals surface area (Å²) in [5, 5.41) is 1.03. The lowest BCUT2D eigenvalue weighted by Gasteiger charge is -2.04. The zero-order valence-electron chi connectivity index (χ0n) is 21.0. The van der Waals surface area contributed by atoms with Crippen molar-refractivity contribution < 1.29 is 0 Å². The van der Waals surface area contributed by atoms with Gasteiger partial charge >= 0.3 is 0 Å². The van der Waals surface area contributed by atoms with Crippen LogP contribution in [-0.2, 0) is 0 Å². The maximum atomic E-state index is 4.48. The van der Waals surface area contributed by atoms with Crippen LogP contribution >= 0.6 is 190 Å². The molecule has 0 aromatic rings. The van der Waals surface area contributed by atoms with Crippen molar-refractivity contribution >= 4 is 190 Å². The van der Waals surface area contributed by atoms with Crippen LogP contribution in [0.3, 0.4) is 0 Å². The molecule has 0 saturated heterocycles. The smallest absolute Gasteiger partial charge is 0.0667 e. The molecule has 0 spiro atoms. The lowest BCUT2D eigenvalue weighted by molar-refractivity contribution is 1.61. The van der Waals surface area contributed by atoms with Crippen molar-refractivity contribution in [1.29, 1.82) is 0 Å². The number of thioether (sulfide) groups is 14. The molecule has 4 heterocycles. The lowest BCUT2D eigenvalue weighted by atomic mass is 10.6. The van der Waals surface area contributed by atoms with Crippen molar-refractivity contribution in [2.75, 3.05) is 41.6 Å². The fourth-order valence-corrected chi connectivity index (χ4v) is 21.9. The Hall–Kier alpha value is 3.52. The van der Waals surface area contributed by atoms with Gasteiger partial charge in [0.25, 0.3) is 0 Å². The summed E-state index contributed by atoms with van der Waals surface area (Å²) in [6.45, 7) is 0. The summed E-state index contributed by atoms with van der Waals surface area (Å²) in [6, 6.07) is 0. The Labute approximate surface area is 303 Å². The zero-order chi connectivity index (χ0) is 27.8. The van der Waals surface area contributed by atoms with Crippen molar-refractivity contribution in [2.24, 2.45) is 0 Å². The van der Waals surface area contributed by atoms with Crippen molar-refractivity contribution in [3.63, 3.8) is 0 Å². The second-order valence-electron chi connectivity index (χ2n) is 6.87. The second-order valence-corrected chi connectivity index (χ2v) is 24.3. The molecule has 212 valence electrons. The van der Waals surface area contributed by atoms with Crippen LogP contribution in [0.5, 0.6) is 0 Å². The summed E-state index contributed by atoms with van der Waals surface area (Å²) in [5.74, 6) is 1.57. The van der Waals surface area contributed by atoms with E-state index in [1.54, 1.807) is 0 Å². The van der Waals surface area contributed by atoms with E-state index in [-0.39, 0.29) is 0 Å². The summed E-state index contributed by atoms with van der Waals surface area (Å²) >= 11 is 35.5. The Kier molecular flexibility index (Phi) is 16.9. The Morgan fingerprint density at radius 2 is 0.744 bits per heavy atom. The van der Waals surface area contributed by atoms with Crippen LogP contribution in [-0.4, -0.2) is 41.6 Å². The highest BCUT2D eigenvalue weighted by molar-refractivity contribution is 8.44. The van der Waals surface area contributed by atoms with Gasteiger partial charge < -0.3 is 0 Å². The molecular formula is C23H24S16. The molecule has 4 rings (SSSR count). The average Bonchev–Trinajstić information content (AvgIpc) is 3.74. The molecule has 0 N–H and O–H groups in total. The van der Waals surface area contributed by atoms with Gasteiger partial charge in [0.1, 0.15) is 0 Å². The molecule has 39 heavy (non-hydrogen) atoms. The average molecular weight is 814 g/mol. The summed E-state index contributed by atoms with van der Waals surface area (Å²) in [4.78, 5) is 2.68. The normalized spacial score (nSPS) is 22.3. The summed E-state index contributed by atoms with van der Waals surface area (Å²) in [6.07, 6.45) is 17.9. The topological polar surface area (TPSA) is 0 Å². The molecule has 0 saturated carbocycles. The van der Waals surface area contributed by atoms with Gasteiger partial charge in [-0.15, -0.1) is 70.6 Å². The van der Waals surface area contributed by atoms with Gasteiger partial charge in [-0.05, 0) is 49.3 Å². The summed E-state index contributed by atoms with van der Waals surface area (Å²) < 4.78 is 14.0. The first-order valence-electron chi connectivity index (χ1n) is 10.9. The van der Waals surface area contributed by atoms with Gasteiger partial charge in [-0.3, -0.25) is 0 Å². The van der Waals surface area contributed by atoms with E-state index in [1.807, 2.05) is 165 Å². The van der Waals surface area contributed by atoms with Gasteiger partial charge in [0.05, 0.1) is 38.1 Å². The van der Waals surface area contributed by atoms with Crippen molar-refractivity contribution in [3.8, 4) is 0 Å². The van der Waals surface area contributed by atoms with Crippen LogP contribution in [0.15, 0.2) is 76.5 Å². The molecule has 0 aliphatic carbocycles. The van der Waals surface area contributed by atoms with E-state index in [1.165, 1.54) is 52.2 Å². The molecule has 16 heteroatoms. The highest BCUT2D eigenvalue weighted by Gasteiger charge is 2.25. The van der Waals surface area contributed by atoms with Gasteiger partial charge in [0.15, 0.2) is 0 Å². The first-order valence-corrected chi connectivity index (χ1v) is 25.5. The minimum absolute atomic E-state index is 0.787. The lowest BCUT2D eigenvalue weighted by Crippen LogP contribution is -1.80. The van der Waals surface area contributed by atoms with E-state index < -0.39 is 0 Å². The number of hydrogen-bond donors (Lipinski definition) is 2. The van der Waals surface area contributed by atoms with Crippen molar-refractivity contribution in [2.45, 2.75) is 0 Å². The molecular weight excluding hydrogens is 789 g/mol. The van der Waals surface area contributed by atoms with E-state index in [9.17, 15) is 0 Å². The Morgan fingerprint density at radius 3 is 1.05 bits per heavy atom. The molecule has 0 atom stereocenters. The van der Waals surface area contributed by atoms with Crippen LogP contribution in [0.1, 0.15) is 0 Å². The van der Waals surface area contributed by atoms with Crippen LogP contribution < -0.4 is 0 Å². The monoisotopic (exact) mass is 812 g/mol. The molecule has 0 amide bonds. The van der Waals surface area contributed by atoms with E-state index >= 15 is 0 Å². The third kappa shape index (κ3) is 10.3. The third-order valence-corrected chi connectivity index (χ3v) is 24.0. The van der Waals surface area contributed by atoms with Crippen molar-refractivity contribution in [1.82, 2.24) is 0 Å². The van der Waals surface area contributed by atoms with Crippen molar-refractivity contribution in [3.05, 3.63) is 76.5 Å². The standard InChI is InChI=1S/C23H24S16/c1-26-18-19(27-2)35-15(34-18)7-8-17-37-21(29-4)23(39-17)31-11-30-22-20(28-3)36-16(38-22)6-5-14-32-12(9-24)13(10-25)33-14/h5-8,24-25H,9-11H2,1-4H3/b16-6-,17-8?. The number of thiol groups is 2. The van der Waals surface area contributed by atoms with E-state index in [0.717, 1.165) is 16.6 Å². The molecule has 0 nitrogen and oxygen atoms in total. The molecule has 0 unspecified atom stereocenters. The van der Waals surface area contributed by atoms with Gasteiger partial charge in [0, 0.05) is 30.6 Å². The molecule has 0 radical (unpaired) electrons. The van der Waals surface area contributed by atoms with E-state index in [0.29, 0.717) is 0 Å². The third-order valence-electron chi connectivity index (χ3n) is 4.54. The molecule has 0 aromatic heterocycles. The van der Waals surface area contributed by atoms with Gasteiger partial charge in [-0.25, -0.2) is 0 Å². The van der Waals surface area contributed by atoms with Gasteiger partial charge in [-0.2, -0.15) is 25.3 Å². The second kappa shape index (κ2) is 18.6.